The number of carboxylic acids is 1. The van der Waals surface area contributed by atoms with E-state index in [1.807, 2.05) is 6.20 Å². The Morgan fingerprint density at radius 1 is 1.50 bits per heavy atom. The van der Waals surface area contributed by atoms with Gasteiger partial charge >= 0.3 is 5.97 Å². The minimum absolute atomic E-state index is 0.272. The molecule has 0 bridgehead atoms. The highest BCUT2D eigenvalue weighted by molar-refractivity contribution is 7.17. The van der Waals surface area contributed by atoms with Crippen LogP contribution in [0.5, 0.6) is 0 Å². The van der Waals surface area contributed by atoms with Gasteiger partial charge in [-0.1, -0.05) is 0 Å². The zero-order chi connectivity index (χ0) is 13.9. The SMILES string of the molecule is O=C(O)CCC1CCCN(c2nccc3sccc23)C1. The lowest BCUT2D eigenvalue weighted by Crippen LogP contribution is -2.36. The molecule has 0 aliphatic carbocycles. The summed E-state index contributed by atoms with van der Waals surface area (Å²) >= 11 is 1.74. The summed E-state index contributed by atoms with van der Waals surface area (Å²) in [7, 11) is 0. The summed E-state index contributed by atoms with van der Waals surface area (Å²) in [5, 5.41) is 12.1. The predicted octanol–water partition coefficient (Wildman–Crippen LogP) is 3.38. The molecule has 1 atom stereocenters. The third-order valence-electron chi connectivity index (χ3n) is 3.94. The van der Waals surface area contributed by atoms with Gasteiger partial charge < -0.3 is 10.0 Å². The first-order valence-electron chi connectivity index (χ1n) is 7.03. The Hall–Kier alpha value is -1.62. The van der Waals surface area contributed by atoms with Crippen molar-refractivity contribution in [1.82, 2.24) is 4.98 Å². The van der Waals surface area contributed by atoms with Gasteiger partial charge in [-0.15, -0.1) is 11.3 Å². The first kappa shape index (κ1) is 13.4. The van der Waals surface area contributed by atoms with Crippen LogP contribution in [-0.4, -0.2) is 29.1 Å². The van der Waals surface area contributed by atoms with Crippen LogP contribution in [0.4, 0.5) is 5.82 Å². The molecule has 1 fully saturated rings. The number of hydrogen-bond acceptors (Lipinski definition) is 4. The lowest BCUT2D eigenvalue weighted by atomic mass is 9.93. The number of aromatic nitrogens is 1. The van der Waals surface area contributed by atoms with E-state index in [9.17, 15) is 4.79 Å². The van der Waals surface area contributed by atoms with Crippen molar-refractivity contribution in [2.75, 3.05) is 18.0 Å². The lowest BCUT2D eigenvalue weighted by Gasteiger charge is -2.33. The molecule has 5 heteroatoms. The molecule has 20 heavy (non-hydrogen) atoms. The highest BCUT2D eigenvalue weighted by Gasteiger charge is 2.22. The Bertz CT molecular complexity index is 611. The number of fused-ring (bicyclic) bond motifs is 1. The van der Waals surface area contributed by atoms with Crippen LogP contribution in [0.15, 0.2) is 23.7 Å². The molecule has 2 aromatic rings. The van der Waals surface area contributed by atoms with Gasteiger partial charge in [0.05, 0.1) is 0 Å². The van der Waals surface area contributed by atoms with Crippen LogP contribution in [0.3, 0.4) is 0 Å². The number of piperidine rings is 1. The number of carboxylic acid groups (broad SMARTS) is 1. The van der Waals surface area contributed by atoms with E-state index in [4.69, 9.17) is 5.11 Å². The molecule has 3 rings (SSSR count). The molecular weight excluding hydrogens is 272 g/mol. The highest BCUT2D eigenvalue weighted by atomic mass is 32.1. The van der Waals surface area contributed by atoms with Gasteiger partial charge in [-0.25, -0.2) is 4.98 Å². The van der Waals surface area contributed by atoms with Crippen molar-refractivity contribution < 1.29 is 9.90 Å². The molecule has 3 heterocycles. The Morgan fingerprint density at radius 3 is 3.25 bits per heavy atom. The van der Waals surface area contributed by atoms with E-state index in [1.54, 1.807) is 11.3 Å². The number of thiophene rings is 1. The summed E-state index contributed by atoms with van der Waals surface area (Å²) in [6.45, 7) is 1.95. The Morgan fingerprint density at radius 2 is 2.40 bits per heavy atom. The Labute approximate surface area is 122 Å². The van der Waals surface area contributed by atoms with Crippen molar-refractivity contribution in [3.8, 4) is 0 Å². The number of hydrogen-bond donors (Lipinski definition) is 1. The Balaban J connectivity index is 1.76. The van der Waals surface area contributed by atoms with Gasteiger partial charge in [-0.3, -0.25) is 4.79 Å². The fourth-order valence-corrected chi connectivity index (χ4v) is 3.73. The maximum atomic E-state index is 10.7. The third kappa shape index (κ3) is 2.77. The van der Waals surface area contributed by atoms with Crippen molar-refractivity contribution >= 4 is 33.2 Å². The molecule has 1 aliphatic heterocycles. The van der Waals surface area contributed by atoms with E-state index >= 15 is 0 Å². The van der Waals surface area contributed by atoms with Crippen LogP contribution in [0, 0.1) is 5.92 Å². The molecule has 1 N–H and O–H groups in total. The number of carbonyl (C=O) groups is 1. The van der Waals surface area contributed by atoms with Crippen LogP contribution >= 0.6 is 11.3 Å². The van der Waals surface area contributed by atoms with Crippen LogP contribution in [0.1, 0.15) is 25.7 Å². The monoisotopic (exact) mass is 290 g/mol. The predicted molar refractivity (Wildman–Crippen MR) is 81.4 cm³/mol. The van der Waals surface area contributed by atoms with Gasteiger partial charge in [-0.2, -0.15) is 0 Å². The number of anilines is 1. The molecule has 0 aromatic carbocycles. The van der Waals surface area contributed by atoms with Crippen molar-refractivity contribution in [2.45, 2.75) is 25.7 Å². The number of nitrogens with zero attached hydrogens (tertiary/aromatic N) is 2. The summed E-state index contributed by atoms with van der Waals surface area (Å²) in [4.78, 5) is 17.6. The number of rotatable bonds is 4. The van der Waals surface area contributed by atoms with Gasteiger partial charge in [0.25, 0.3) is 0 Å². The van der Waals surface area contributed by atoms with E-state index in [-0.39, 0.29) is 6.42 Å². The van der Waals surface area contributed by atoms with Crippen molar-refractivity contribution in [1.29, 1.82) is 0 Å². The largest absolute Gasteiger partial charge is 0.481 e. The second kappa shape index (κ2) is 5.79. The Kier molecular flexibility index (Phi) is 3.87. The summed E-state index contributed by atoms with van der Waals surface area (Å²) in [5.74, 6) is 0.833. The van der Waals surface area contributed by atoms with Gasteiger partial charge in [0.1, 0.15) is 5.82 Å². The van der Waals surface area contributed by atoms with Gasteiger partial charge in [0, 0.05) is 35.8 Å². The molecule has 1 unspecified atom stereocenters. The maximum Gasteiger partial charge on any atom is 0.303 e. The summed E-state index contributed by atoms with van der Waals surface area (Å²) in [6, 6.07) is 4.18. The molecular formula is C15H18N2O2S. The van der Waals surface area contributed by atoms with E-state index in [1.165, 1.54) is 10.1 Å². The zero-order valence-corrected chi connectivity index (χ0v) is 12.1. The van der Waals surface area contributed by atoms with Gasteiger partial charge in [0.2, 0.25) is 0 Å². The summed E-state index contributed by atoms with van der Waals surface area (Å²) in [6.07, 6.45) is 5.16. The second-order valence-corrected chi connectivity index (χ2v) is 6.30. The van der Waals surface area contributed by atoms with E-state index in [2.05, 4.69) is 27.4 Å². The molecule has 4 nitrogen and oxygen atoms in total. The zero-order valence-electron chi connectivity index (χ0n) is 11.3. The molecule has 0 amide bonds. The van der Waals surface area contributed by atoms with Crippen molar-refractivity contribution in [3.63, 3.8) is 0 Å². The number of aliphatic carboxylic acids is 1. The first-order valence-corrected chi connectivity index (χ1v) is 7.91. The first-order chi connectivity index (χ1) is 9.74. The molecule has 1 saturated heterocycles. The number of pyridine rings is 1. The van der Waals surface area contributed by atoms with Crippen LogP contribution in [0.25, 0.3) is 10.1 Å². The van der Waals surface area contributed by atoms with E-state index < -0.39 is 5.97 Å². The van der Waals surface area contributed by atoms with Crippen molar-refractivity contribution in [2.24, 2.45) is 5.92 Å². The molecule has 0 saturated carbocycles. The van der Waals surface area contributed by atoms with E-state index in [0.29, 0.717) is 5.92 Å². The minimum Gasteiger partial charge on any atom is -0.481 e. The molecule has 106 valence electrons. The third-order valence-corrected chi connectivity index (χ3v) is 4.83. The van der Waals surface area contributed by atoms with Gasteiger partial charge in [0.15, 0.2) is 0 Å². The smallest absolute Gasteiger partial charge is 0.303 e. The summed E-state index contributed by atoms with van der Waals surface area (Å²) in [5.41, 5.74) is 0. The fourth-order valence-electron chi connectivity index (χ4n) is 2.95. The topological polar surface area (TPSA) is 53.4 Å². The molecule has 1 aliphatic rings. The highest BCUT2D eigenvalue weighted by Crippen LogP contribution is 2.31. The fraction of sp³-hybridized carbons (Fsp3) is 0.467. The molecule has 2 aromatic heterocycles. The average molecular weight is 290 g/mol. The maximum absolute atomic E-state index is 10.7. The molecule has 0 radical (unpaired) electrons. The van der Waals surface area contributed by atoms with Crippen molar-refractivity contribution in [3.05, 3.63) is 23.7 Å². The standard InChI is InChI=1S/C15H18N2O2S/c18-14(19)4-3-11-2-1-8-17(10-11)15-12-6-9-20-13(12)5-7-16-15/h5-7,9,11H,1-4,8,10H2,(H,18,19). The normalized spacial score (nSPS) is 19.4. The second-order valence-electron chi connectivity index (χ2n) is 5.35. The minimum atomic E-state index is -0.694. The molecule has 0 spiro atoms. The quantitative estimate of drug-likeness (QED) is 0.938. The van der Waals surface area contributed by atoms with Crippen LogP contribution in [-0.2, 0) is 4.79 Å². The lowest BCUT2D eigenvalue weighted by molar-refractivity contribution is -0.137. The van der Waals surface area contributed by atoms with Crippen LogP contribution < -0.4 is 4.90 Å². The van der Waals surface area contributed by atoms with E-state index in [0.717, 1.165) is 38.2 Å². The van der Waals surface area contributed by atoms with Crippen LogP contribution in [0.2, 0.25) is 0 Å². The summed E-state index contributed by atoms with van der Waals surface area (Å²) < 4.78 is 1.27. The average Bonchev–Trinajstić information content (AvgIpc) is 2.93. The van der Waals surface area contributed by atoms with Gasteiger partial charge in [-0.05, 0) is 42.7 Å².